The zero-order chi connectivity index (χ0) is 15.7. The van der Waals surface area contributed by atoms with Crippen molar-refractivity contribution in [3.8, 4) is 0 Å². The number of aliphatic imine (C=N–C) groups is 1. The van der Waals surface area contributed by atoms with E-state index >= 15 is 0 Å². The smallest absolute Gasteiger partial charge is 0.224 e. The summed E-state index contributed by atoms with van der Waals surface area (Å²) in [6.45, 7) is 6.73. The van der Waals surface area contributed by atoms with Gasteiger partial charge in [-0.25, -0.2) is 4.99 Å². The minimum Gasteiger partial charge on any atom is -0.370 e. The molecule has 1 rings (SSSR count). The summed E-state index contributed by atoms with van der Waals surface area (Å²) in [5.41, 5.74) is 7.34. The van der Waals surface area contributed by atoms with Gasteiger partial charge in [0.1, 0.15) is 0 Å². The third-order valence-electron chi connectivity index (χ3n) is 2.53. The minimum absolute atomic E-state index is 0. The van der Waals surface area contributed by atoms with Gasteiger partial charge in [0, 0.05) is 23.7 Å². The summed E-state index contributed by atoms with van der Waals surface area (Å²) in [6, 6.07) is 7.00. The number of guanidine groups is 1. The first-order chi connectivity index (χ1) is 9.97. The molecule has 0 aliphatic carbocycles. The number of nitrogens with zero attached hydrogens (tertiary/aromatic N) is 1. The Labute approximate surface area is 153 Å². The van der Waals surface area contributed by atoms with Gasteiger partial charge in [0.25, 0.3) is 0 Å². The maximum absolute atomic E-state index is 11.7. The summed E-state index contributed by atoms with van der Waals surface area (Å²) in [5, 5.41) is 6.39. The average Bonchev–Trinajstić information content (AvgIpc) is 2.44. The Morgan fingerprint density at radius 2 is 2.00 bits per heavy atom. The Bertz CT molecular complexity index is 517. The van der Waals surface area contributed by atoms with Gasteiger partial charge in [0.15, 0.2) is 5.96 Å². The van der Waals surface area contributed by atoms with E-state index in [1.807, 2.05) is 6.92 Å². The molecule has 0 spiro atoms. The normalized spacial score (nSPS) is 10.5. The first-order valence-corrected chi connectivity index (χ1v) is 7.09. The highest BCUT2D eigenvalue weighted by Crippen LogP contribution is 2.13. The van der Waals surface area contributed by atoms with Crippen molar-refractivity contribution in [2.75, 3.05) is 18.4 Å². The van der Waals surface area contributed by atoms with Gasteiger partial charge in [-0.05, 0) is 37.6 Å². The van der Waals surface area contributed by atoms with Gasteiger partial charge < -0.3 is 16.4 Å². The molecule has 1 amide bonds. The van der Waals surface area contributed by atoms with Crippen molar-refractivity contribution in [1.29, 1.82) is 0 Å². The monoisotopic (exact) mass is 436 g/mol. The second kappa shape index (κ2) is 11.3. The van der Waals surface area contributed by atoms with Gasteiger partial charge in [0.2, 0.25) is 5.91 Å². The maximum atomic E-state index is 11.7. The quantitative estimate of drug-likeness (QED) is 0.202. The van der Waals surface area contributed by atoms with E-state index in [-0.39, 0.29) is 29.9 Å². The van der Waals surface area contributed by atoms with E-state index in [2.05, 4.69) is 22.2 Å². The van der Waals surface area contributed by atoms with Gasteiger partial charge in [-0.15, -0.1) is 24.0 Å². The van der Waals surface area contributed by atoms with E-state index in [0.29, 0.717) is 36.9 Å². The van der Waals surface area contributed by atoms with Crippen LogP contribution in [0, 0.1) is 0 Å². The van der Waals surface area contributed by atoms with Crippen LogP contribution in [0.1, 0.15) is 19.8 Å². The predicted molar refractivity (Wildman–Crippen MR) is 104 cm³/mol. The van der Waals surface area contributed by atoms with Gasteiger partial charge in [-0.3, -0.25) is 4.79 Å². The molecule has 0 heterocycles. The van der Waals surface area contributed by atoms with Crippen LogP contribution in [0.3, 0.4) is 0 Å². The summed E-state index contributed by atoms with van der Waals surface area (Å²) in [4.78, 5) is 15.8. The number of hydrogen-bond donors (Lipinski definition) is 3. The zero-order valence-corrected chi connectivity index (χ0v) is 15.7. The van der Waals surface area contributed by atoms with Crippen LogP contribution >= 0.6 is 35.6 Å². The molecule has 7 heteroatoms. The van der Waals surface area contributed by atoms with E-state index in [9.17, 15) is 4.79 Å². The Balaban J connectivity index is 0.00000441. The highest BCUT2D eigenvalue weighted by atomic mass is 127. The Kier molecular flexibility index (Phi) is 10.7. The Morgan fingerprint density at radius 3 is 2.59 bits per heavy atom. The lowest BCUT2D eigenvalue weighted by atomic mass is 10.2. The fraction of sp³-hybridized carbons (Fsp3) is 0.333. The molecular weight excluding hydrogens is 415 g/mol. The summed E-state index contributed by atoms with van der Waals surface area (Å²) in [6.07, 6.45) is 1.08. The van der Waals surface area contributed by atoms with E-state index in [1.54, 1.807) is 24.3 Å². The molecule has 1 aromatic carbocycles. The van der Waals surface area contributed by atoms with Gasteiger partial charge in [0.05, 0.1) is 6.54 Å². The summed E-state index contributed by atoms with van der Waals surface area (Å²) >= 11 is 5.78. The molecular formula is C15H22ClIN4O. The summed E-state index contributed by atoms with van der Waals surface area (Å²) in [7, 11) is 0. The summed E-state index contributed by atoms with van der Waals surface area (Å²) in [5.74, 6) is 0.327. The van der Waals surface area contributed by atoms with E-state index in [1.165, 1.54) is 0 Å². The topological polar surface area (TPSA) is 79.5 Å². The second-order valence-corrected chi connectivity index (χ2v) is 5.18. The fourth-order valence-electron chi connectivity index (χ4n) is 1.50. The molecule has 0 radical (unpaired) electrons. The van der Waals surface area contributed by atoms with Crippen LogP contribution in [0.15, 0.2) is 41.4 Å². The number of carbonyl (C=O) groups is 1. The van der Waals surface area contributed by atoms with Crippen LogP contribution in [0.4, 0.5) is 5.69 Å². The molecule has 4 N–H and O–H groups in total. The van der Waals surface area contributed by atoms with Crippen molar-refractivity contribution in [1.82, 2.24) is 5.32 Å². The van der Waals surface area contributed by atoms with Gasteiger partial charge in [-0.2, -0.15) is 0 Å². The van der Waals surface area contributed by atoms with Crippen molar-refractivity contribution in [2.24, 2.45) is 10.7 Å². The first kappa shape index (κ1) is 20.7. The molecule has 0 atom stereocenters. The lowest BCUT2D eigenvalue weighted by Gasteiger charge is -2.07. The van der Waals surface area contributed by atoms with Crippen molar-refractivity contribution in [3.63, 3.8) is 0 Å². The summed E-state index contributed by atoms with van der Waals surface area (Å²) < 4.78 is 0. The van der Waals surface area contributed by atoms with Crippen LogP contribution in [0.2, 0.25) is 5.02 Å². The van der Waals surface area contributed by atoms with Crippen LogP contribution in [-0.2, 0) is 4.79 Å². The maximum Gasteiger partial charge on any atom is 0.224 e. The number of nitrogens with two attached hydrogens (primary N) is 1. The number of rotatable bonds is 7. The Hall–Kier alpha value is -1.28. The van der Waals surface area contributed by atoms with E-state index in [0.717, 1.165) is 11.3 Å². The fourth-order valence-corrected chi connectivity index (χ4v) is 1.62. The number of carbonyl (C=O) groups excluding carboxylic acids is 1. The molecule has 122 valence electrons. The van der Waals surface area contributed by atoms with Crippen molar-refractivity contribution < 1.29 is 4.79 Å². The standard InChI is InChI=1S/C15H21ClN4O.HI/c1-11(2)10-19-15(17)18-9-3-4-14(21)20-13-7-5-12(16)6-8-13;/h5-8H,1,3-4,9-10H2,2H3,(H,20,21)(H3,17,18,19);1H. The molecule has 22 heavy (non-hydrogen) atoms. The zero-order valence-electron chi connectivity index (χ0n) is 12.6. The van der Waals surface area contributed by atoms with E-state index < -0.39 is 0 Å². The van der Waals surface area contributed by atoms with Crippen LogP contribution < -0.4 is 16.4 Å². The molecule has 1 aromatic rings. The molecule has 0 fully saturated rings. The van der Waals surface area contributed by atoms with E-state index in [4.69, 9.17) is 17.3 Å². The largest absolute Gasteiger partial charge is 0.370 e. The Morgan fingerprint density at radius 1 is 1.36 bits per heavy atom. The van der Waals surface area contributed by atoms with Gasteiger partial charge in [-0.1, -0.05) is 23.8 Å². The van der Waals surface area contributed by atoms with Crippen molar-refractivity contribution >= 4 is 53.1 Å². The number of nitrogens with one attached hydrogen (secondary N) is 2. The van der Waals surface area contributed by atoms with Crippen molar-refractivity contribution in [3.05, 3.63) is 41.4 Å². The third-order valence-corrected chi connectivity index (χ3v) is 2.79. The molecule has 0 aliphatic heterocycles. The van der Waals surface area contributed by atoms with Gasteiger partial charge >= 0.3 is 0 Å². The highest BCUT2D eigenvalue weighted by Gasteiger charge is 2.02. The number of amides is 1. The van der Waals surface area contributed by atoms with Crippen LogP contribution in [-0.4, -0.2) is 25.0 Å². The van der Waals surface area contributed by atoms with Crippen LogP contribution in [0.25, 0.3) is 0 Å². The number of halogens is 2. The first-order valence-electron chi connectivity index (χ1n) is 6.71. The molecule has 0 saturated carbocycles. The molecule has 0 aliphatic rings. The molecule has 0 unspecified atom stereocenters. The molecule has 0 aromatic heterocycles. The molecule has 5 nitrogen and oxygen atoms in total. The highest BCUT2D eigenvalue weighted by molar-refractivity contribution is 14.0. The number of anilines is 1. The third kappa shape index (κ3) is 9.62. The molecule has 0 bridgehead atoms. The number of hydrogen-bond acceptors (Lipinski definition) is 2. The lowest BCUT2D eigenvalue weighted by Crippen LogP contribution is -2.33. The SMILES string of the molecule is C=C(C)CN=C(N)NCCCC(=O)Nc1ccc(Cl)cc1.I. The number of benzene rings is 1. The minimum atomic E-state index is -0.0448. The lowest BCUT2D eigenvalue weighted by molar-refractivity contribution is -0.116. The van der Waals surface area contributed by atoms with Crippen LogP contribution in [0.5, 0.6) is 0 Å². The predicted octanol–water partition coefficient (Wildman–Crippen LogP) is 3.16. The molecule has 0 saturated heterocycles. The average molecular weight is 437 g/mol. The van der Waals surface area contributed by atoms with Crippen molar-refractivity contribution in [2.45, 2.75) is 19.8 Å². The second-order valence-electron chi connectivity index (χ2n) is 4.74.